The molecule has 2 aliphatic rings. The summed E-state index contributed by atoms with van der Waals surface area (Å²) in [6, 6.07) is 13.3. The number of hydrogen-bond acceptors (Lipinski definition) is 13. The number of fused-ring (bicyclic) bond motifs is 1. The Labute approximate surface area is 480 Å². The maximum absolute atomic E-state index is 13.9. The number of Topliss-reactive ketones (excluding diaryl/α,β-unsaturated/α-hetero) is 1. The minimum absolute atomic E-state index is 0.00495. The Morgan fingerprint density at radius 3 is 2.39 bits per heavy atom. The van der Waals surface area contributed by atoms with E-state index >= 15 is 0 Å². The van der Waals surface area contributed by atoms with Crippen molar-refractivity contribution in [3.8, 4) is 5.75 Å². The number of nitrogens with zero attached hydrogens (tertiary/aromatic N) is 3. The highest BCUT2D eigenvalue weighted by atomic mass is 35.5. The second-order valence-corrected chi connectivity index (χ2v) is 24.3. The number of hydrogen-bond donors (Lipinski definition) is 3. The van der Waals surface area contributed by atoms with Crippen LogP contribution in [0.1, 0.15) is 137 Å². The number of ketones is 1. The molecule has 5 rings (SSSR count). The number of nitrogens with one attached hydrogen (secondary N) is 2. The fourth-order valence-corrected chi connectivity index (χ4v) is 10.3. The molecule has 8 unspecified atom stereocenters. The predicted octanol–water partition coefficient (Wildman–Crippen LogP) is 9.82. The van der Waals surface area contributed by atoms with E-state index in [0.717, 1.165) is 34.1 Å². The van der Waals surface area contributed by atoms with Crippen LogP contribution in [0.3, 0.4) is 0 Å². The number of benzene rings is 2. The first kappa shape index (κ1) is 65.5. The number of cyclic esters (lactones) is 1. The number of amides is 3. The number of rotatable bonds is 32. The molecule has 0 aliphatic carbocycles. The third-order valence-corrected chi connectivity index (χ3v) is 16.3. The summed E-state index contributed by atoms with van der Waals surface area (Å²) in [4.78, 5) is 70.2. The molecule has 3 amide bonds. The Morgan fingerprint density at radius 2 is 1.70 bits per heavy atom. The van der Waals surface area contributed by atoms with Gasteiger partial charge in [0.25, 0.3) is 0 Å². The van der Waals surface area contributed by atoms with Crippen molar-refractivity contribution >= 4 is 52.2 Å². The summed E-state index contributed by atoms with van der Waals surface area (Å²) < 4.78 is 38.2. The second kappa shape index (κ2) is 28.6. The summed E-state index contributed by atoms with van der Waals surface area (Å²) in [5, 5.41) is 19.0. The summed E-state index contributed by atoms with van der Waals surface area (Å²) in [6.45, 7) is 23.0. The molecule has 3 N–H and O–H groups in total. The number of carbonyl (C=O) groups is 5. The number of halogens is 1. The summed E-state index contributed by atoms with van der Waals surface area (Å²) in [5.41, 5.74) is 1.44. The van der Waals surface area contributed by atoms with Gasteiger partial charge in [0, 0.05) is 75.4 Å². The average molecular weight is 1130 g/mol. The number of methoxy groups -OCH3 is 1. The number of aryl methyl sites for hydroxylation is 2. The molecule has 1 aromatic heterocycles. The molecule has 80 heavy (non-hydrogen) atoms. The predicted molar refractivity (Wildman–Crippen MR) is 311 cm³/mol. The van der Waals surface area contributed by atoms with Gasteiger partial charge in [0.1, 0.15) is 41.1 Å². The van der Waals surface area contributed by atoms with Crippen LogP contribution in [-0.4, -0.2) is 144 Å². The van der Waals surface area contributed by atoms with Gasteiger partial charge in [-0.25, -0.2) is 9.59 Å². The quantitative estimate of drug-likeness (QED) is 0.0304. The summed E-state index contributed by atoms with van der Waals surface area (Å²) in [7, 11) is 7.19. The molecule has 3 aromatic rings. The molecule has 0 saturated carbocycles. The standard InChI is InChI=1S/C62H92ClN5O12/c1-16-41(3)49(69)37-52(61(11)56(80-61)43(5)51-38-62(74,65-58(73)78-51)26-20-19-21-40(2)33-45-34-42(4)55(63)50(35-45)75-15)79-57(72)44(6)67(14)54(71)25-31-76-60(9,10)28-32-77-59(7,8)27-29-64-53(70)24-30-68-47(39-66(12)13)36-46-22-17-18-23-48(46)68/h17-23,34-36,41,43-44,51-52,56,74H,16,24-33,37-39H2,1-15H3,(H,64,70)(H,65,73). The lowest BCUT2D eigenvalue weighted by molar-refractivity contribution is -0.162. The van der Waals surface area contributed by atoms with Crippen LogP contribution in [0.15, 0.2) is 66.3 Å². The minimum Gasteiger partial charge on any atom is -0.495 e. The lowest BCUT2D eigenvalue weighted by Gasteiger charge is -2.39. The van der Waals surface area contributed by atoms with Crippen molar-refractivity contribution in [1.29, 1.82) is 0 Å². The topological polar surface area (TPSA) is 200 Å². The van der Waals surface area contributed by atoms with Crippen molar-refractivity contribution in [1.82, 2.24) is 25.0 Å². The zero-order valence-electron chi connectivity index (χ0n) is 50.3. The number of carbonyl (C=O) groups excluding carboxylic acids is 5. The SMILES string of the molecule is CCC(C)C(=O)CC(OC(=O)C(C)N(C)C(=O)CCOC(C)(C)CCOC(C)(C)CCNC(=O)CCn1c(CN(C)C)cc2ccccc21)C1(C)OC1C(C)C1CC(O)(CC=CC=C(C)Cc2cc(C)c(Cl)c(OC)c2)NC(=O)O1. The zero-order chi connectivity index (χ0) is 59.3. The third-order valence-electron chi connectivity index (χ3n) is 15.8. The van der Waals surface area contributed by atoms with Gasteiger partial charge in [-0.3, -0.25) is 19.7 Å². The van der Waals surface area contributed by atoms with E-state index in [0.29, 0.717) is 62.6 Å². The first-order chi connectivity index (χ1) is 37.5. The lowest BCUT2D eigenvalue weighted by atomic mass is 9.83. The largest absolute Gasteiger partial charge is 0.495 e. The van der Waals surface area contributed by atoms with E-state index in [1.54, 1.807) is 27.0 Å². The Bertz CT molecular complexity index is 2680. The molecule has 444 valence electrons. The van der Waals surface area contributed by atoms with Crippen molar-refractivity contribution in [3.05, 3.63) is 88.1 Å². The van der Waals surface area contributed by atoms with Crippen molar-refractivity contribution in [3.63, 3.8) is 0 Å². The molecule has 2 aliphatic heterocycles. The zero-order valence-corrected chi connectivity index (χ0v) is 51.1. The number of ether oxygens (including phenoxy) is 6. The van der Waals surface area contributed by atoms with Crippen LogP contribution in [0, 0.1) is 18.8 Å². The molecule has 17 nitrogen and oxygen atoms in total. The van der Waals surface area contributed by atoms with E-state index < -0.39 is 64.9 Å². The first-order valence-corrected chi connectivity index (χ1v) is 28.7. The van der Waals surface area contributed by atoms with E-state index in [4.69, 9.17) is 40.0 Å². The maximum atomic E-state index is 13.9. The van der Waals surface area contributed by atoms with Crippen molar-refractivity contribution in [2.75, 3.05) is 48.0 Å². The van der Waals surface area contributed by atoms with Gasteiger partial charge in [-0.05, 0) is 130 Å². The Morgan fingerprint density at radius 1 is 1.01 bits per heavy atom. The number of aromatic nitrogens is 1. The smallest absolute Gasteiger partial charge is 0.409 e. The molecule has 0 bridgehead atoms. The van der Waals surface area contributed by atoms with E-state index in [1.165, 1.54) is 17.6 Å². The molecule has 2 saturated heterocycles. The van der Waals surface area contributed by atoms with E-state index in [2.05, 4.69) is 38.3 Å². The van der Waals surface area contributed by atoms with Gasteiger partial charge in [0.05, 0.1) is 49.1 Å². The molecular weight excluding hydrogens is 1040 g/mol. The fourth-order valence-electron chi connectivity index (χ4n) is 10.2. The number of epoxide rings is 1. The maximum Gasteiger partial charge on any atom is 0.409 e. The molecule has 0 radical (unpaired) electrons. The molecule has 18 heteroatoms. The molecule has 8 atom stereocenters. The number of alkyl carbamates (subject to hydrolysis) is 1. The Balaban J connectivity index is 1.07. The average Bonchev–Trinajstić information content (AvgIpc) is 4.20. The lowest BCUT2D eigenvalue weighted by Crippen LogP contribution is -2.57. The van der Waals surface area contributed by atoms with E-state index in [-0.39, 0.29) is 55.8 Å². The van der Waals surface area contributed by atoms with Crippen molar-refractivity contribution in [2.45, 2.75) is 194 Å². The van der Waals surface area contributed by atoms with Crippen LogP contribution in [0.5, 0.6) is 5.75 Å². The fraction of sp³-hybridized carbons (Fsp3) is 0.629. The van der Waals surface area contributed by atoms with Crippen LogP contribution in [0.4, 0.5) is 4.79 Å². The third kappa shape index (κ3) is 18.6. The van der Waals surface area contributed by atoms with Crippen LogP contribution in [0.25, 0.3) is 10.9 Å². The van der Waals surface area contributed by atoms with Gasteiger partial charge in [-0.1, -0.05) is 80.4 Å². The number of esters is 1. The second-order valence-electron chi connectivity index (χ2n) is 23.9. The van der Waals surface area contributed by atoms with E-state index in [9.17, 15) is 29.1 Å². The molecule has 2 aromatic carbocycles. The van der Waals surface area contributed by atoms with Gasteiger partial charge in [0.15, 0.2) is 0 Å². The van der Waals surface area contributed by atoms with Crippen molar-refractivity contribution < 1.29 is 57.5 Å². The number of aliphatic hydroxyl groups is 1. The minimum atomic E-state index is -1.61. The highest BCUT2D eigenvalue weighted by molar-refractivity contribution is 6.32. The number of likely N-dealkylation sites (N-methyl/N-ethyl adjacent to an activating group) is 1. The monoisotopic (exact) mass is 1130 g/mol. The Hall–Kier alpha value is -5.30. The van der Waals surface area contributed by atoms with Gasteiger partial charge in [-0.2, -0.15) is 0 Å². The van der Waals surface area contributed by atoms with Crippen LogP contribution >= 0.6 is 11.6 Å². The normalized spacial score (nSPS) is 21.2. The van der Waals surface area contributed by atoms with Crippen molar-refractivity contribution in [2.24, 2.45) is 11.8 Å². The van der Waals surface area contributed by atoms with Crippen LogP contribution in [0.2, 0.25) is 5.02 Å². The molecule has 3 heterocycles. The Kier molecular flexibility index (Phi) is 23.4. The van der Waals surface area contributed by atoms with Gasteiger partial charge < -0.3 is 53.2 Å². The van der Waals surface area contributed by atoms with Crippen LogP contribution in [-0.2, 0) is 62.4 Å². The summed E-state index contributed by atoms with van der Waals surface area (Å²) in [5.74, 6) is -1.30. The van der Waals surface area contributed by atoms with Gasteiger partial charge in [-0.15, -0.1) is 0 Å². The molecule has 0 spiro atoms. The van der Waals surface area contributed by atoms with Gasteiger partial charge >= 0.3 is 12.1 Å². The molecule has 2 fully saturated rings. The number of para-hydroxylation sites is 1. The van der Waals surface area contributed by atoms with Gasteiger partial charge in [0.2, 0.25) is 11.8 Å². The summed E-state index contributed by atoms with van der Waals surface area (Å²) in [6.07, 6.45) is 5.24. The molecular formula is C62H92ClN5O12. The first-order valence-electron chi connectivity index (χ1n) is 28.3. The summed E-state index contributed by atoms with van der Waals surface area (Å²) >= 11 is 6.36. The van der Waals surface area contributed by atoms with E-state index in [1.807, 2.05) is 113 Å². The number of allylic oxidation sites excluding steroid dienone is 3. The highest BCUT2D eigenvalue weighted by Gasteiger charge is 2.64. The van der Waals surface area contributed by atoms with Crippen LogP contribution < -0.4 is 15.4 Å². The highest BCUT2D eigenvalue weighted by Crippen LogP contribution is 2.49.